The summed E-state index contributed by atoms with van der Waals surface area (Å²) in [6.07, 6.45) is 5.80. The number of rotatable bonds is 0. The third-order valence-electron chi connectivity index (χ3n) is 4.61. The van der Waals surface area contributed by atoms with Gasteiger partial charge in [-0.1, -0.05) is 18.7 Å². The first-order valence-corrected chi connectivity index (χ1v) is 6.61. The third-order valence-corrected chi connectivity index (χ3v) is 4.61. The largest absolute Gasteiger partial charge is 0.413 e. The molecule has 18 heavy (non-hydrogen) atoms. The Hall–Kier alpha value is -0.680. The molecular formula is C14H18O4. The monoisotopic (exact) mass is 250 g/mol. The zero-order valence-electron chi connectivity index (χ0n) is 10.4. The zero-order valence-corrected chi connectivity index (χ0v) is 10.4. The maximum atomic E-state index is 5.80. The highest BCUT2D eigenvalue weighted by atomic mass is 17.0. The predicted molar refractivity (Wildman–Crippen MR) is 63.5 cm³/mol. The summed E-state index contributed by atoms with van der Waals surface area (Å²) in [7, 11) is 0. The van der Waals surface area contributed by atoms with Gasteiger partial charge in [0.05, 0.1) is 26.4 Å². The molecule has 2 spiro atoms. The second-order valence-corrected chi connectivity index (χ2v) is 5.96. The molecule has 98 valence electrons. The fourth-order valence-electron chi connectivity index (χ4n) is 3.56. The summed E-state index contributed by atoms with van der Waals surface area (Å²) >= 11 is 0. The van der Waals surface area contributed by atoms with Gasteiger partial charge in [0, 0.05) is 5.41 Å². The Morgan fingerprint density at radius 2 is 1.78 bits per heavy atom. The second-order valence-electron chi connectivity index (χ2n) is 5.96. The topological polar surface area (TPSA) is 36.9 Å². The van der Waals surface area contributed by atoms with Crippen LogP contribution in [0.2, 0.25) is 0 Å². The van der Waals surface area contributed by atoms with Gasteiger partial charge in [0.1, 0.15) is 0 Å². The molecule has 0 radical (unpaired) electrons. The van der Waals surface area contributed by atoms with E-state index < -0.39 is 6.16 Å². The highest BCUT2D eigenvalue weighted by molar-refractivity contribution is 5.16. The van der Waals surface area contributed by atoms with E-state index in [-0.39, 0.29) is 5.41 Å². The minimum atomic E-state index is -1.27. The Morgan fingerprint density at radius 1 is 1.06 bits per heavy atom. The van der Waals surface area contributed by atoms with Gasteiger partial charge < -0.3 is 9.47 Å². The van der Waals surface area contributed by atoms with Crippen molar-refractivity contribution in [1.82, 2.24) is 0 Å². The van der Waals surface area contributed by atoms with Crippen molar-refractivity contribution in [3.05, 3.63) is 24.3 Å². The summed E-state index contributed by atoms with van der Waals surface area (Å²) in [5, 5.41) is 0. The first kappa shape index (κ1) is 11.2. The molecule has 2 bridgehead atoms. The lowest BCUT2D eigenvalue weighted by Gasteiger charge is -2.46. The SMILES string of the molecule is C=C1COC2(OC1)OCC1(CO2)CC2C=CC1C2. The first-order valence-electron chi connectivity index (χ1n) is 6.61. The van der Waals surface area contributed by atoms with Gasteiger partial charge in [-0.05, 0) is 30.3 Å². The van der Waals surface area contributed by atoms with E-state index in [1.54, 1.807) is 0 Å². The van der Waals surface area contributed by atoms with Crippen molar-refractivity contribution in [3.8, 4) is 0 Å². The van der Waals surface area contributed by atoms with Gasteiger partial charge in [-0.25, -0.2) is 0 Å². The van der Waals surface area contributed by atoms with Crippen LogP contribution in [0.4, 0.5) is 0 Å². The highest BCUT2D eigenvalue weighted by Crippen LogP contribution is 2.54. The Balaban J connectivity index is 1.47. The van der Waals surface area contributed by atoms with E-state index in [0.29, 0.717) is 38.3 Å². The van der Waals surface area contributed by atoms with E-state index in [1.165, 1.54) is 6.42 Å². The molecule has 4 nitrogen and oxygen atoms in total. The molecule has 4 aliphatic rings. The molecule has 2 aliphatic carbocycles. The van der Waals surface area contributed by atoms with Crippen molar-refractivity contribution in [1.29, 1.82) is 0 Å². The van der Waals surface area contributed by atoms with Crippen molar-refractivity contribution >= 4 is 0 Å². The molecule has 0 aromatic rings. The fourth-order valence-corrected chi connectivity index (χ4v) is 3.56. The number of ether oxygens (including phenoxy) is 4. The van der Waals surface area contributed by atoms with E-state index in [4.69, 9.17) is 18.9 Å². The van der Waals surface area contributed by atoms with Gasteiger partial charge in [-0.3, -0.25) is 9.47 Å². The summed E-state index contributed by atoms with van der Waals surface area (Å²) in [6, 6.07) is 0. The van der Waals surface area contributed by atoms with E-state index in [9.17, 15) is 0 Å². The zero-order chi connectivity index (χ0) is 12.2. The lowest BCUT2D eigenvalue weighted by atomic mass is 9.77. The minimum absolute atomic E-state index is 0.145. The standard InChI is InChI=1S/C14H18O4/c1-10-6-15-14(16-7-10)17-8-13(9-18-14)5-11-2-3-12(13)4-11/h2-3,11-12H,1,4-9H2. The molecule has 3 fully saturated rings. The Morgan fingerprint density at radius 3 is 2.33 bits per heavy atom. The van der Waals surface area contributed by atoms with Gasteiger partial charge >= 0.3 is 6.16 Å². The van der Waals surface area contributed by atoms with Crippen LogP contribution in [-0.2, 0) is 18.9 Å². The molecule has 2 saturated heterocycles. The predicted octanol–water partition coefficient (Wildman–Crippen LogP) is 1.83. The quantitative estimate of drug-likeness (QED) is 0.615. The average Bonchev–Trinajstić information content (AvgIpc) is 2.98. The number of allylic oxidation sites excluding steroid dienone is 2. The maximum Gasteiger partial charge on any atom is 0.413 e. The molecule has 0 N–H and O–H groups in total. The first-order chi connectivity index (χ1) is 8.70. The van der Waals surface area contributed by atoms with Gasteiger partial charge in [0.15, 0.2) is 0 Å². The fraction of sp³-hybridized carbons (Fsp3) is 0.714. The summed E-state index contributed by atoms with van der Waals surface area (Å²) in [5.41, 5.74) is 1.06. The van der Waals surface area contributed by atoms with E-state index in [0.717, 1.165) is 12.0 Å². The lowest BCUT2D eigenvalue weighted by Crippen LogP contribution is -2.55. The summed E-state index contributed by atoms with van der Waals surface area (Å²) in [5.74, 6) is 1.31. The Labute approximate surface area is 107 Å². The van der Waals surface area contributed by atoms with Crippen LogP contribution in [0.5, 0.6) is 0 Å². The van der Waals surface area contributed by atoms with Crippen LogP contribution in [0.3, 0.4) is 0 Å². The molecule has 2 atom stereocenters. The molecule has 2 unspecified atom stereocenters. The van der Waals surface area contributed by atoms with Crippen molar-refractivity contribution in [3.63, 3.8) is 0 Å². The van der Waals surface area contributed by atoms with Crippen LogP contribution < -0.4 is 0 Å². The van der Waals surface area contributed by atoms with Gasteiger partial charge in [0.2, 0.25) is 0 Å². The molecule has 4 rings (SSSR count). The third kappa shape index (κ3) is 1.53. The number of fused-ring (bicyclic) bond motifs is 3. The number of hydrogen-bond donors (Lipinski definition) is 0. The molecular weight excluding hydrogens is 232 g/mol. The van der Waals surface area contributed by atoms with Crippen molar-refractivity contribution in [2.24, 2.45) is 17.3 Å². The number of hydrogen-bond acceptors (Lipinski definition) is 4. The molecule has 0 amide bonds. The van der Waals surface area contributed by atoms with Crippen molar-refractivity contribution < 1.29 is 18.9 Å². The summed E-state index contributed by atoms with van der Waals surface area (Å²) in [6.45, 7) is 6.03. The molecule has 2 heterocycles. The lowest BCUT2D eigenvalue weighted by molar-refractivity contribution is -0.531. The molecule has 2 aliphatic heterocycles. The van der Waals surface area contributed by atoms with Gasteiger partial charge in [-0.15, -0.1) is 0 Å². The summed E-state index contributed by atoms with van der Waals surface area (Å²) in [4.78, 5) is 0. The summed E-state index contributed by atoms with van der Waals surface area (Å²) < 4.78 is 22.6. The Kier molecular flexibility index (Phi) is 2.28. The van der Waals surface area contributed by atoms with E-state index in [2.05, 4.69) is 18.7 Å². The maximum absolute atomic E-state index is 5.80. The van der Waals surface area contributed by atoms with Crippen molar-refractivity contribution in [2.75, 3.05) is 26.4 Å². The van der Waals surface area contributed by atoms with Gasteiger partial charge in [-0.2, -0.15) is 0 Å². The molecule has 1 saturated carbocycles. The Bertz CT molecular complexity index is 394. The smallest absolute Gasteiger partial charge is 0.303 e. The van der Waals surface area contributed by atoms with Crippen LogP contribution in [0.15, 0.2) is 24.3 Å². The minimum Gasteiger partial charge on any atom is -0.303 e. The normalized spacial score (nSPS) is 39.9. The van der Waals surface area contributed by atoms with Crippen LogP contribution in [0.1, 0.15) is 12.8 Å². The molecule has 0 aromatic carbocycles. The van der Waals surface area contributed by atoms with Crippen LogP contribution in [-0.4, -0.2) is 32.6 Å². The highest BCUT2D eigenvalue weighted by Gasteiger charge is 2.56. The van der Waals surface area contributed by atoms with Gasteiger partial charge in [0.25, 0.3) is 0 Å². The molecule has 0 aromatic heterocycles. The van der Waals surface area contributed by atoms with E-state index in [1.807, 2.05) is 0 Å². The second kappa shape index (κ2) is 3.67. The van der Waals surface area contributed by atoms with E-state index >= 15 is 0 Å². The van der Waals surface area contributed by atoms with Crippen LogP contribution in [0, 0.1) is 17.3 Å². The van der Waals surface area contributed by atoms with Crippen LogP contribution >= 0.6 is 0 Å². The molecule has 4 heteroatoms. The average molecular weight is 250 g/mol. The van der Waals surface area contributed by atoms with Crippen LogP contribution in [0.25, 0.3) is 0 Å². The van der Waals surface area contributed by atoms with Crippen molar-refractivity contribution in [2.45, 2.75) is 19.0 Å².